The minimum atomic E-state index is -1.01. The highest BCUT2D eigenvalue weighted by molar-refractivity contribution is 8.00. The van der Waals surface area contributed by atoms with E-state index in [-0.39, 0.29) is 17.1 Å². The second-order valence-electron chi connectivity index (χ2n) is 5.56. The summed E-state index contributed by atoms with van der Waals surface area (Å²) in [5, 5.41) is 1.84. The Balaban J connectivity index is 1.59. The van der Waals surface area contributed by atoms with Crippen LogP contribution in [0.25, 0.3) is 10.2 Å². The molecule has 2 heterocycles. The largest absolute Gasteiger partial charge is 0.293 e. The van der Waals surface area contributed by atoms with Crippen molar-refractivity contribution in [2.75, 3.05) is 5.75 Å². The molecule has 0 aliphatic heterocycles. The molecular weight excluding hydrogens is 350 g/mol. The van der Waals surface area contributed by atoms with Gasteiger partial charge in [0.1, 0.15) is 16.2 Å². The zero-order chi connectivity index (χ0) is 16.7. The maximum Gasteiger partial charge on any atom is 0.173 e. The second-order valence-corrected chi connectivity index (χ2v) is 7.60. The molecule has 0 saturated carbocycles. The molecular formula is C17H12F2N2OS2. The molecule has 0 bridgehead atoms. The Morgan fingerprint density at radius 2 is 2.08 bits per heavy atom. The number of Topliss-reactive ketones (excluding diaryl/α,β-unsaturated/α-hetero) is 1. The zero-order valence-corrected chi connectivity index (χ0v) is 14.1. The Kier molecular flexibility index (Phi) is 4.05. The van der Waals surface area contributed by atoms with E-state index in [1.807, 2.05) is 0 Å². The van der Waals surface area contributed by atoms with Gasteiger partial charge in [-0.3, -0.25) is 4.79 Å². The van der Waals surface area contributed by atoms with Crippen LogP contribution in [0.3, 0.4) is 0 Å². The van der Waals surface area contributed by atoms with Crippen molar-refractivity contribution in [1.29, 1.82) is 0 Å². The average molecular weight is 362 g/mol. The number of halogens is 2. The molecule has 0 unspecified atom stereocenters. The van der Waals surface area contributed by atoms with Gasteiger partial charge in [-0.2, -0.15) is 0 Å². The minimum Gasteiger partial charge on any atom is -0.293 e. The van der Waals surface area contributed by atoms with Gasteiger partial charge in [-0.25, -0.2) is 18.7 Å². The van der Waals surface area contributed by atoms with Crippen LogP contribution >= 0.6 is 23.1 Å². The SMILES string of the molecule is O=C(CSc1ncnc2sc3c(c12)CCC3)c1ccc(F)c(F)c1. The number of carbonyl (C=O) groups excluding carboxylic acids is 1. The van der Waals surface area contributed by atoms with Crippen LogP contribution in [-0.4, -0.2) is 21.5 Å². The Labute approximate surface area is 145 Å². The Bertz CT molecular complexity index is 955. The average Bonchev–Trinajstić information content (AvgIpc) is 3.15. The molecule has 2 aromatic heterocycles. The smallest absolute Gasteiger partial charge is 0.173 e. The maximum atomic E-state index is 13.3. The number of ketones is 1. The summed E-state index contributed by atoms with van der Waals surface area (Å²) in [5.41, 5.74) is 1.47. The van der Waals surface area contributed by atoms with Crippen molar-refractivity contribution in [3.05, 3.63) is 52.2 Å². The standard InChI is InChI=1S/C17H12F2N2OS2/c18-11-5-4-9(6-12(11)19)13(22)7-23-16-15-10-2-1-3-14(10)24-17(15)21-8-20-16/h4-6,8H,1-3,7H2. The van der Waals surface area contributed by atoms with E-state index in [2.05, 4.69) is 9.97 Å². The third kappa shape index (κ3) is 2.71. The van der Waals surface area contributed by atoms with Crippen LogP contribution < -0.4 is 0 Å². The number of fused-ring (bicyclic) bond motifs is 3. The molecule has 0 N–H and O–H groups in total. The van der Waals surface area contributed by atoms with Gasteiger partial charge in [-0.1, -0.05) is 11.8 Å². The van der Waals surface area contributed by atoms with Gasteiger partial charge >= 0.3 is 0 Å². The van der Waals surface area contributed by atoms with E-state index in [9.17, 15) is 13.6 Å². The van der Waals surface area contributed by atoms with Crippen molar-refractivity contribution in [2.24, 2.45) is 0 Å². The topological polar surface area (TPSA) is 42.9 Å². The summed E-state index contributed by atoms with van der Waals surface area (Å²) < 4.78 is 26.2. The number of thiophene rings is 1. The molecule has 24 heavy (non-hydrogen) atoms. The molecule has 0 spiro atoms. The van der Waals surface area contributed by atoms with E-state index in [0.717, 1.165) is 46.6 Å². The van der Waals surface area contributed by atoms with Gasteiger partial charge in [0, 0.05) is 15.8 Å². The first-order valence-electron chi connectivity index (χ1n) is 7.50. The molecule has 0 fully saturated rings. The highest BCUT2D eigenvalue weighted by atomic mass is 32.2. The molecule has 0 amide bonds. The summed E-state index contributed by atoms with van der Waals surface area (Å²) in [6, 6.07) is 3.22. The fourth-order valence-corrected chi connectivity index (χ4v) is 5.11. The predicted molar refractivity (Wildman–Crippen MR) is 90.9 cm³/mol. The van der Waals surface area contributed by atoms with Crippen molar-refractivity contribution in [3.63, 3.8) is 0 Å². The molecule has 3 aromatic rings. The molecule has 0 radical (unpaired) electrons. The summed E-state index contributed by atoms with van der Waals surface area (Å²) >= 11 is 3.02. The highest BCUT2D eigenvalue weighted by Crippen LogP contribution is 2.40. The third-order valence-corrected chi connectivity index (χ3v) is 6.24. The van der Waals surface area contributed by atoms with E-state index in [1.165, 1.54) is 34.6 Å². The van der Waals surface area contributed by atoms with Gasteiger partial charge in [0.15, 0.2) is 17.4 Å². The number of carbonyl (C=O) groups is 1. The minimum absolute atomic E-state index is 0.127. The van der Waals surface area contributed by atoms with E-state index in [4.69, 9.17) is 0 Å². The lowest BCUT2D eigenvalue weighted by atomic mass is 10.1. The summed E-state index contributed by atoms with van der Waals surface area (Å²) in [6.45, 7) is 0. The van der Waals surface area contributed by atoms with Crippen LogP contribution in [0.2, 0.25) is 0 Å². The fraction of sp³-hybridized carbons (Fsp3) is 0.235. The quantitative estimate of drug-likeness (QED) is 0.391. The van der Waals surface area contributed by atoms with Crippen LogP contribution in [0.15, 0.2) is 29.6 Å². The van der Waals surface area contributed by atoms with Gasteiger partial charge in [0.2, 0.25) is 0 Å². The number of thioether (sulfide) groups is 1. The fourth-order valence-electron chi connectivity index (χ4n) is 2.90. The number of hydrogen-bond acceptors (Lipinski definition) is 5. The molecule has 122 valence electrons. The number of aromatic nitrogens is 2. The molecule has 0 saturated heterocycles. The van der Waals surface area contributed by atoms with E-state index in [1.54, 1.807) is 11.3 Å². The summed E-state index contributed by atoms with van der Waals surface area (Å²) in [4.78, 5) is 23.2. The third-order valence-electron chi connectivity index (χ3n) is 4.05. The van der Waals surface area contributed by atoms with Gasteiger partial charge in [0.25, 0.3) is 0 Å². The van der Waals surface area contributed by atoms with Crippen LogP contribution in [0.5, 0.6) is 0 Å². The zero-order valence-electron chi connectivity index (χ0n) is 12.5. The number of hydrogen-bond donors (Lipinski definition) is 0. The second kappa shape index (κ2) is 6.22. The predicted octanol–water partition coefficient (Wildman–Crippen LogP) is 4.43. The van der Waals surface area contributed by atoms with Gasteiger partial charge in [0.05, 0.1) is 5.75 Å². The summed E-state index contributed by atoms with van der Waals surface area (Å²) in [6.07, 6.45) is 4.75. The van der Waals surface area contributed by atoms with Gasteiger partial charge in [-0.05, 0) is 43.0 Å². The Morgan fingerprint density at radius 3 is 2.92 bits per heavy atom. The summed E-state index contributed by atoms with van der Waals surface area (Å²) in [5.74, 6) is -2.09. The van der Waals surface area contributed by atoms with E-state index >= 15 is 0 Å². The van der Waals surface area contributed by atoms with Crippen molar-refractivity contribution in [2.45, 2.75) is 24.3 Å². The molecule has 0 atom stereocenters. The first kappa shape index (κ1) is 15.7. The monoisotopic (exact) mass is 362 g/mol. The highest BCUT2D eigenvalue weighted by Gasteiger charge is 2.21. The summed E-state index contributed by atoms with van der Waals surface area (Å²) in [7, 11) is 0. The molecule has 1 aromatic carbocycles. The first-order chi connectivity index (χ1) is 11.6. The molecule has 3 nitrogen and oxygen atoms in total. The molecule has 1 aliphatic carbocycles. The van der Waals surface area contributed by atoms with Crippen molar-refractivity contribution < 1.29 is 13.6 Å². The molecule has 7 heteroatoms. The van der Waals surface area contributed by atoms with Crippen molar-refractivity contribution in [1.82, 2.24) is 9.97 Å². The number of benzene rings is 1. The van der Waals surface area contributed by atoms with Crippen LogP contribution in [-0.2, 0) is 12.8 Å². The Hall–Kier alpha value is -1.86. The van der Waals surface area contributed by atoms with Gasteiger partial charge < -0.3 is 0 Å². The van der Waals surface area contributed by atoms with E-state index < -0.39 is 11.6 Å². The van der Waals surface area contributed by atoms with Crippen molar-refractivity contribution >= 4 is 39.1 Å². The van der Waals surface area contributed by atoms with Crippen molar-refractivity contribution in [3.8, 4) is 0 Å². The number of rotatable bonds is 4. The lowest BCUT2D eigenvalue weighted by Crippen LogP contribution is -2.04. The first-order valence-corrected chi connectivity index (χ1v) is 9.30. The lowest BCUT2D eigenvalue weighted by molar-refractivity contribution is 0.102. The lowest BCUT2D eigenvalue weighted by Gasteiger charge is -2.04. The van der Waals surface area contributed by atoms with Crippen LogP contribution in [0, 0.1) is 11.6 Å². The maximum absolute atomic E-state index is 13.3. The number of nitrogens with zero attached hydrogens (tertiary/aromatic N) is 2. The molecule has 1 aliphatic rings. The van der Waals surface area contributed by atoms with E-state index in [0.29, 0.717) is 0 Å². The normalized spacial score (nSPS) is 13.4. The van der Waals surface area contributed by atoms with Crippen LogP contribution in [0.1, 0.15) is 27.2 Å². The molecule has 4 rings (SSSR count). The van der Waals surface area contributed by atoms with Crippen LogP contribution in [0.4, 0.5) is 8.78 Å². The van der Waals surface area contributed by atoms with Gasteiger partial charge in [-0.15, -0.1) is 11.3 Å². The Morgan fingerprint density at radius 1 is 1.21 bits per heavy atom. The number of aryl methyl sites for hydroxylation is 2.